The molecule has 2 N–H and O–H groups in total. The van der Waals surface area contributed by atoms with Gasteiger partial charge < -0.3 is 10.6 Å². The molecule has 2 nitrogen and oxygen atoms in total. The Morgan fingerprint density at radius 1 is 0.432 bits per heavy atom. The summed E-state index contributed by atoms with van der Waals surface area (Å²) in [4.78, 5) is 0. The largest absolute Gasteiger partial charge is 0.355 e. The summed E-state index contributed by atoms with van der Waals surface area (Å²) in [6.07, 6.45) is 3.77. The molecule has 0 saturated heterocycles. The Bertz CT molecular complexity index is 1960. The quantitative estimate of drug-likeness (QED) is 0.181. The lowest BCUT2D eigenvalue weighted by Crippen LogP contribution is -2.01. The summed E-state index contributed by atoms with van der Waals surface area (Å²) in [5, 5.41) is 7.34. The molecule has 0 aliphatic rings. The van der Waals surface area contributed by atoms with E-state index in [0.29, 0.717) is 0 Å². The fourth-order valence-corrected chi connectivity index (χ4v) is 5.83. The number of aryl methyl sites for hydroxylation is 2. The van der Waals surface area contributed by atoms with Crippen LogP contribution >= 0.6 is 0 Å². The molecular formula is C42H36N2. The van der Waals surface area contributed by atoms with Gasteiger partial charge in [0.2, 0.25) is 0 Å². The predicted molar refractivity (Wildman–Crippen MR) is 192 cm³/mol. The van der Waals surface area contributed by atoms with Crippen LogP contribution in [0.1, 0.15) is 22.3 Å². The zero-order valence-corrected chi connectivity index (χ0v) is 25.3. The molecule has 6 aromatic rings. The Labute approximate surface area is 261 Å². The van der Waals surface area contributed by atoms with Gasteiger partial charge in [0.05, 0.1) is 0 Å². The summed E-state index contributed by atoms with van der Waals surface area (Å²) in [6, 6.07) is 47.0. The molecule has 0 radical (unpaired) electrons. The number of hydrogen-bond acceptors (Lipinski definition) is 2. The zero-order valence-electron chi connectivity index (χ0n) is 25.3. The zero-order chi connectivity index (χ0) is 30.5. The molecule has 2 heteroatoms. The van der Waals surface area contributed by atoms with Crippen LogP contribution in [-0.4, -0.2) is 0 Å². The van der Waals surface area contributed by atoms with E-state index in [0.717, 1.165) is 39.4 Å². The number of rotatable bonds is 9. The van der Waals surface area contributed by atoms with Crippen molar-refractivity contribution in [2.24, 2.45) is 0 Å². The Kier molecular flexibility index (Phi) is 8.25. The molecule has 0 aromatic heterocycles. The lowest BCUT2D eigenvalue weighted by atomic mass is 9.83. The summed E-state index contributed by atoms with van der Waals surface area (Å²) >= 11 is 0. The summed E-state index contributed by atoms with van der Waals surface area (Å²) in [5.41, 5.74) is 15.8. The lowest BCUT2D eigenvalue weighted by molar-refractivity contribution is 1.42. The van der Waals surface area contributed by atoms with Crippen molar-refractivity contribution in [3.8, 4) is 33.4 Å². The van der Waals surface area contributed by atoms with Crippen LogP contribution in [0, 0.1) is 13.8 Å². The normalized spacial score (nSPS) is 10.7. The summed E-state index contributed by atoms with van der Waals surface area (Å²) in [5.74, 6) is 0. The van der Waals surface area contributed by atoms with Crippen LogP contribution in [0.5, 0.6) is 0 Å². The second kappa shape index (κ2) is 12.7. The number of hydrogen-bond donors (Lipinski definition) is 2. The van der Waals surface area contributed by atoms with Crippen LogP contribution in [0.25, 0.3) is 45.5 Å². The van der Waals surface area contributed by atoms with E-state index in [4.69, 9.17) is 0 Å². The highest BCUT2D eigenvalue weighted by atomic mass is 14.9. The first kappa shape index (κ1) is 28.5. The average Bonchev–Trinajstić information content (AvgIpc) is 3.06. The SMILES string of the molecule is C=Cc1ccccc1Nc1ccc(-c2ccc(Nc3ccccc3C=C)c(-c3ccccc3C)c2-c2ccccc2C)cc1. The van der Waals surface area contributed by atoms with Crippen molar-refractivity contribution in [2.45, 2.75) is 13.8 Å². The van der Waals surface area contributed by atoms with Gasteiger partial charge in [-0.15, -0.1) is 0 Å². The molecule has 0 atom stereocenters. The van der Waals surface area contributed by atoms with E-state index in [-0.39, 0.29) is 0 Å². The molecule has 6 aromatic carbocycles. The molecule has 44 heavy (non-hydrogen) atoms. The molecular weight excluding hydrogens is 532 g/mol. The fraction of sp³-hybridized carbons (Fsp3) is 0.0476. The van der Waals surface area contributed by atoms with Gasteiger partial charge in [0, 0.05) is 28.3 Å². The van der Waals surface area contributed by atoms with Gasteiger partial charge in [0.1, 0.15) is 0 Å². The van der Waals surface area contributed by atoms with Gasteiger partial charge in [0.25, 0.3) is 0 Å². The van der Waals surface area contributed by atoms with Crippen LogP contribution in [0.2, 0.25) is 0 Å². The molecule has 0 aliphatic heterocycles. The predicted octanol–water partition coefficient (Wildman–Crippen LogP) is 12.1. The van der Waals surface area contributed by atoms with Crippen molar-refractivity contribution in [3.63, 3.8) is 0 Å². The molecule has 0 saturated carbocycles. The van der Waals surface area contributed by atoms with Gasteiger partial charge in [0.15, 0.2) is 0 Å². The summed E-state index contributed by atoms with van der Waals surface area (Å²) in [7, 11) is 0. The van der Waals surface area contributed by atoms with Crippen molar-refractivity contribution in [2.75, 3.05) is 10.6 Å². The maximum absolute atomic E-state index is 4.05. The van der Waals surface area contributed by atoms with Crippen LogP contribution in [0.3, 0.4) is 0 Å². The smallest absolute Gasteiger partial charge is 0.0470 e. The first-order chi connectivity index (χ1) is 21.6. The number of benzene rings is 6. The van der Waals surface area contributed by atoms with Crippen molar-refractivity contribution >= 4 is 34.9 Å². The molecule has 0 bridgehead atoms. The Morgan fingerprint density at radius 3 is 1.50 bits per heavy atom. The van der Waals surface area contributed by atoms with E-state index in [9.17, 15) is 0 Å². The first-order valence-electron chi connectivity index (χ1n) is 14.9. The number of anilines is 4. The lowest BCUT2D eigenvalue weighted by Gasteiger charge is -2.23. The highest BCUT2D eigenvalue weighted by Crippen LogP contribution is 2.47. The summed E-state index contributed by atoms with van der Waals surface area (Å²) < 4.78 is 0. The van der Waals surface area contributed by atoms with E-state index in [1.54, 1.807) is 0 Å². The number of nitrogens with one attached hydrogen (secondary N) is 2. The van der Waals surface area contributed by atoms with Crippen LogP contribution < -0.4 is 10.6 Å². The second-order valence-electron chi connectivity index (χ2n) is 11.0. The molecule has 0 heterocycles. The number of para-hydroxylation sites is 2. The third-order valence-electron chi connectivity index (χ3n) is 8.14. The Balaban J connectivity index is 1.56. The highest BCUT2D eigenvalue weighted by Gasteiger charge is 2.21. The van der Waals surface area contributed by atoms with Gasteiger partial charge in [-0.1, -0.05) is 128 Å². The van der Waals surface area contributed by atoms with E-state index < -0.39 is 0 Å². The van der Waals surface area contributed by atoms with Crippen LogP contribution in [0.4, 0.5) is 22.7 Å². The second-order valence-corrected chi connectivity index (χ2v) is 11.0. The van der Waals surface area contributed by atoms with E-state index in [2.05, 4.69) is 153 Å². The van der Waals surface area contributed by atoms with E-state index in [1.165, 1.54) is 38.9 Å². The minimum Gasteiger partial charge on any atom is -0.355 e. The van der Waals surface area contributed by atoms with Gasteiger partial charge in [-0.3, -0.25) is 0 Å². The Morgan fingerprint density at radius 2 is 0.932 bits per heavy atom. The van der Waals surface area contributed by atoms with Gasteiger partial charge >= 0.3 is 0 Å². The van der Waals surface area contributed by atoms with Crippen LogP contribution in [-0.2, 0) is 0 Å². The van der Waals surface area contributed by atoms with Crippen molar-refractivity contribution in [1.29, 1.82) is 0 Å². The molecule has 0 unspecified atom stereocenters. The van der Waals surface area contributed by atoms with E-state index in [1.807, 2.05) is 30.4 Å². The van der Waals surface area contributed by atoms with Gasteiger partial charge in [-0.2, -0.15) is 0 Å². The third-order valence-corrected chi connectivity index (χ3v) is 8.14. The van der Waals surface area contributed by atoms with Gasteiger partial charge in [-0.05, 0) is 94.3 Å². The maximum Gasteiger partial charge on any atom is 0.0470 e. The molecule has 0 amide bonds. The minimum absolute atomic E-state index is 1.02. The summed E-state index contributed by atoms with van der Waals surface area (Å²) in [6.45, 7) is 12.4. The van der Waals surface area contributed by atoms with Crippen molar-refractivity contribution in [1.82, 2.24) is 0 Å². The van der Waals surface area contributed by atoms with Crippen molar-refractivity contribution in [3.05, 3.63) is 169 Å². The van der Waals surface area contributed by atoms with E-state index >= 15 is 0 Å². The average molecular weight is 569 g/mol. The first-order valence-corrected chi connectivity index (χ1v) is 14.9. The molecule has 214 valence electrons. The Hall–Kier alpha value is -5.60. The molecule has 0 aliphatic carbocycles. The van der Waals surface area contributed by atoms with Crippen LogP contribution in [0.15, 0.2) is 147 Å². The monoisotopic (exact) mass is 568 g/mol. The molecule has 0 spiro atoms. The third kappa shape index (κ3) is 5.71. The van der Waals surface area contributed by atoms with Gasteiger partial charge in [-0.25, -0.2) is 0 Å². The van der Waals surface area contributed by atoms with Crippen molar-refractivity contribution < 1.29 is 0 Å². The maximum atomic E-state index is 4.05. The standard InChI is InChI=1S/C42H36N2/c1-5-31-17-9-13-21-38(31)43-34-25-23-33(24-26-34)37-27-28-40(44-39-22-14-10-18-32(39)6-2)42(36-20-12-8-16-30(36)4)41(37)35-19-11-7-15-29(35)3/h5-28,43-44H,1-2H2,3-4H3. The molecule has 0 fully saturated rings. The fourth-order valence-electron chi connectivity index (χ4n) is 5.83. The molecule has 6 rings (SSSR count). The highest BCUT2D eigenvalue weighted by molar-refractivity contribution is 6.02. The topological polar surface area (TPSA) is 24.1 Å². The minimum atomic E-state index is 1.02.